The summed E-state index contributed by atoms with van der Waals surface area (Å²) in [5.74, 6) is 1.65. The van der Waals surface area contributed by atoms with Crippen LogP contribution in [0.4, 0.5) is 0 Å². The fourth-order valence-corrected chi connectivity index (χ4v) is 3.55. The molecule has 6 heteroatoms. The Morgan fingerprint density at radius 2 is 2.07 bits per heavy atom. The Bertz CT molecular complexity index is 567. The number of hydrogen-bond acceptors (Lipinski definition) is 3. The Morgan fingerprint density at radius 3 is 2.74 bits per heavy atom. The van der Waals surface area contributed by atoms with Crippen molar-refractivity contribution in [3.8, 4) is 0 Å². The molecule has 0 aliphatic carbocycles. The van der Waals surface area contributed by atoms with Gasteiger partial charge in [-0.25, -0.2) is 4.99 Å². The molecule has 1 heterocycles. The van der Waals surface area contributed by atoms with Crippen molar-refractivity contribution >= 4 is 29.9 Å². The Balaban J connectivity index is 0.00000364. The molecular weight excluding hydrogens is 451 g/mol. The highest BCUT2D eigenvalue weighted by molar-refractivity contribution is 14.0. The van der Waals surface area contributed by atoms with Crippen LogP contribution < -0.4 is 10.6 Å². The zero-order valence-electron chi connectivity index (χ0n) is 17.3. The molecule has 1 aliphatic heterocycles. The van der Waals surface area contributed by atoms with E-state index < -0.39 is 0 Å². The lowest BCUT2D eigenvalue weighted by atomic mass is 9.99. The number of nitrogens with zero attached hydrogens (tertiary/aromatic N) is 2. The van der Waals surface area contributed by atoms with Crippen LogP contribution in [0.15, 0.2) is 29.3 Å². The smallest absolute Gasteiger partial charge is 0.191 e. The normalized spacial score (nSPS) is 19.3. The van der Waals surface area contributed by atoms with Gasteiger partial charge < -0.3 is 15.4 Å². The van der Waals surface area contributed by atoms with E-state index in [4.69, 9.17) is 9.73 Å². The van der Waals surface area contributed by atoms with E-state index in [9.17, 15) is 0 Å². The number of hydrogen-bond donors (Lipinski definition) is 2. The maximum absolute atomic E-state index is 5.21. The summed E-state index contributed by atoms with van der Waals surface area (Å²) in [5, 5.41) is 6.72. The molecule has 2 unspecified atom stereocenters. The summed E-state index contributed by atoms with van der Waals surface area (Å²) < 4.78 is 5.21. The molecule has 0 aromatic heterocycles. The summed E-state index contributed by atoms with van der Waals surface area (Å²) >= 11 is 0. The van der Waals surface area contributed by atoms with Crippen LogP contribution in [-0.4, -0.2) is 50.3 Å². The quantitative estimate of drug-likeness (QED) is 0.334. The number of guanidine groups is 1. The maximum atomic E-state index is 5.21. The first kappa shape index (κ1) is 24.2. The van der Waals surface area contributed by atoms with Gasteiger partial charge in [-0.2, -0.15) is 0 Å². The SMILES string of the molecule is CCNC(=NCc1ccccc1CN1CCCC(C)C1)NC(C)COC.I. The molecule has 0 amide bonds. The van der Waals surface area contributed by atoms with Crippen LogP contribution in [0.2, 0.25) is 0 Å². The first-order valence-corrected chi connectivity index (χ1v) is 9.95. The highest BCUT2D eigenvalue weighted by Gasteiger charge is 2.17. The highest BCUT2D eigenvalue weighted by atomic mass is 127. The predicted molar refractivity (Wildman–Crippen MR) is 125 cm³/mol. The van der Waals surface area contributed by atoms with E-state index in [1.165, 1.54) is 37.1 Å². The van der Waals surface area contributed by atoms with E-state index in [0.29, 0.717) is 13.2 Å². The number of rotatable bonds is 8. The predicted octanol–water partition coefficient (Wildman–Crippen LogP) is 3.63. The van der Waals surface area contributed by atoms with Gasteiger partial charge in [-0.1, -0.05) is 31.2 Å². The number of likely N-dealkylation sites (tertiary alicyclic amines) is 1. The van der Waals surface area contributed by atoms with Gasteiger partial charge in [0.15, 0.2) is 5.96 Å². The van der Waals surface area contributed by atoms with Crippen LogP contribution in [0, 0.1) is 5.92 Å². The van der Waals surface area contributed by atoms with Gasteiger partial charge in [0.25, 0.3) is 0 Å². The summed E-state index contributed by atoms with van der Waals surface area (Å²) in [6.07, 6.45) is 2.67. The zero-order chi connectivity index (χ0) is 18.8. The highest BCUT2D eigenvalue weighted by Crippen LogP contribution is 2.19. The number of ether oxygens (including phenoxy) is 1. The monoisotopic (exact) mass is 488 g/mol. The fourth-order valence-electron chi connectivity index (χ4n) is 3.55. The Labute approximate surface area is 182 Å². The van der Waals surface area contributed by atoms with Crippen LogP contribution in [0.1, 0.15) is 44.7 Å². The van der Waals surface area contributed by atoms with Gasteiger partial charge in [0, 0.05) is 32.8 Å². The van der Waals surface area contributed by atoms with E-state index in [1.54, 1.807) is 7.11 Å². The van der Waals surface area contributed by atoms with Crippen LogP contribution in [0.25, 0.3) is 0 Å². The van der Waals surface area contributed by atoms with Crippen LogP contribution in [0.5, 0.6) is 0 Å². The molecule has 0 radical (unpaired) electrons. The molecule has 0 bridgehead atoms. The number of halogens is 1. The summed E-state index contributed by atoms with van der Waals surface area (Å²) in [6, 6.07) is 8.93. The number of aliphatic imine (C=N–C) groups is 1. The largest absolute Gasteiger partial charge is 0.383 e. The molecule has 5 nitrogen and oxygen atoms in total. The fraction of sp³-hybridized carbons (Fsp3) is 0.667. The number of benzene rings is 1. The first-order valence-electron chi connectivity index (χ1n) is 9.95. The molecule has 1 aromatic carbocycles. The first-order chi connectivity index (χ1) is 12.6. The number of nitrogens with one attached hydrogen (secondary N) is 2. The van der Waals surface area contributed by atoms with Gasteiger partial charge in [-0.05, 0) is 50.3 Å². The van der Waals surface area contributed by atoms with Crippen molar-refractivity contribution in [1.29, 1.82) is 0 Å². The summed E-state index contributed by atoms with van der Waals surface area (Å²) in [7, 11) is 1.72. The average molecular weight is 488 g/mol. The molecule has 1 saturated heterocycles. The Kier molecular flexibility index (Phi) is 11.9. The van der Waals surface area contributed by atoms with E-state index in [1.807, 2.05) is 0 Å². The number of methoxy groups -OCH3 is 1. The van der Waals surface area contributed by atoms with Crippen molar-refractivity contribution in [2.24, 2.45) is 10.9 Å². The second-order valence-electron chi connectivity index (χ2n) is 7.45. The minimum absolute atomic E-state index is 0. The molecule has 2 atom stereocenters. The van der Waals surface area contributed by atoms with Gasteiger partial charge in [0.2, 0.25) is 0 Å². The standard InChI is InChI=1S/C21H36N4O.HI/c1-5-22-21(24-18(3)16-26-4)23-13-19-10-6-7-11-20(19)15-25-12-8-9-17(2)14-25;/h6-7,10-11,17-18H,5,8-9,12-16H2,1-4H3,(H2,22,23,24);1H. The molecule has 2 rings (SSSR count). The van der Waals surface area contributed by atoms with E-state index in [2.05, 4.69) is 60.6 Å². The molecule has 27 heavy (non-hydrogen) atoms. The second kappa shape index (κ2) is 13.3. The molecule has 1 fully saturated rings. The summed E-state index contributed by atoms with van der Waals surface area (Å²) in [4.78, 5) is 7.38. The maximum Gasteiger partial charge on any atom is 0.191 e. The molecule has 1 aliphatic rings. The lowest BCUT2D eigenvalue weighted by Crippen LogP contribution is -2.43. The molecule has 1 aromatic rings. The van der Waals surface area contributed by atoms with Crippen molar-refractivity contribution in [3.05, 3.63) is 35.4 Å². The molecule has 154 valence electrons. The lowest BCUT2D eigenvalue weighted by molar-refractivity contribution is 0.176. The zero-order valence-corrected chi connectivity index (χ0v) is 19.7. The van der Waals surface area contributed by atoms with Gasteiger partial charge in [0.1, 0.15) is 0 Å². The van der Waals surface area contributed by atoms with Gasteiger partial charge in [-0.3, -0.25) is 4.90 Å². The van der Waals surface area contributed by atoms with Crippen LogP contribution >= 0.6 is 24.0 Å². The van der Waals surface area contributed by atoms with E-state index >= 15 is 0 Å². The van der Waals surface area contributed by atoms with Gasteiger partial charge in [0.05, 0.1) is 13.2 Å². The van der Waals surface area contributed by atoms with Crippen molar-refractivity contribution < 1.29 is 4.74 Å². The number of piperidine rings is 1. The summed E-state index contributed by atoms with van der Waals surface area (Å²) in [6.45, 7) is 12.2. The van der Waals surface area contributed by atoms with E-state index in [0.717, 1.165) is 25.0 Å². The van der Waals surface area contributed by atoms with Gasteiger partial charge in [-0.15, -0.1) is 24.0 Å². The Morgan fingerprint density at radius 1 is 1.33 bits per heavy atom. The van der Waals surface area contributed by atoms with E-state index in [-0.39, 0.29) is 30.0 Å². The molecule has 0 spiro atoms. The Hall–Kier alpha value is -0.860. The van der Waals surface area contributed by atoms with Crippen molar-refractivity contribution in [1.82, 2.24) is 15.5 Å². The van der Waals surface area contributed by atoms with Crippen LogP contribution in [-0.2, 0) is 17.8 Å². The third kappa shape index (κ3) is 8.79. The third-order valence-electron chi connectivity index (χ3n) is 4.80. The van der Waals surface area contributed by atoms with Crippen molar-refractivity contribution in [2.45, 2.75) is 52.7 Å². The van der Waals surface area contributed by atoms with Gasteiger partial charge >= 0.3 is 0 Å². The minimum Gasteiger partial charge on any atom is -0.383 e. The minimum atomic E-state index is 0. The van der Waals surface area contributed by atoms with Crippen LogP contribution in [0.3, 0.4) is 0 Å². The second-order valence-corrected chi connectivity index (χ2v) is 7.45. The topological polar surface area (TPSA) is 48.9 Å². The molecule has 2 N–H and O–H groups in total. The average Bonchev–Trinajstić information content (AvgIpc) is 2.61. The summed E-state index contributed by atoms with van der Waals surface area (Å²) in [5.41, 5.74) is 2.70. The molecular formula is C21H37IN4O. The lowest BCUT2D eigenvalue weighted by Gasteiger charge is -2.31. The van der Waals surface area contributed by atoms with Crippen molar-refractivity contribution in [3.63, 3.8) is 0 Å². The third-order valence-corrected chi connectivity index (χ3v) is 4.80. The van der Waals surface area contributed by atoms with Crippen molar-refractivity contribution in [2.75, 3.05) is 33.4 Å². The molecule has 0 saturated carbocycles.